The van der Waals surface area contributed by atoms with E-state index in [1.54, 1.807) is 4.90 Å². The van der Waals surface area contributed by atoms with Crippen LogP contribution in [0.4, 0.5) is 5.69 Å². The number of amides is 1. The van der Waals surface area contributed by atoms with E-state index in [0.717, 1.165) is 11.4 Å². The topological polar surface area (TPSA) is 61.8 Å². The largest absolute Gasteiger partial charge is 0.490 e. The number of carbonyl (C=O) groups is 1. The van der Waals surface area contributed by atoms with Crippen LogP contribution in [0.15, 0.2) is 24.3 Å². The molecule has 18 heavy (non-hydrogen) atoms. The fraction of sp³-hybridized carbons (Fsp3) is 0.462. The zero-order chi connectivity index (χ0) is 12.5. The van der Waals surface area contributed by atoms with E-state index >= 15 is 0 Å². The number of benzene rings is 1. The van der Waals surface area contributed by atoms with Gasteiger partial charge in [0.25, 0.3) is 0 Å². The predicted octanol–water partition coefficient (Wildman–Crippen LogP) is 0.135. The van der Waals surface area contributed by atoms with Crippen molar-refractivity contribution in [3.05, 3.63) is 24.3 Å². The highest BCUT2D eigenvalue weighted by Gasteiger charge is 2.33. The van der Waals surface area contributed by atoms with Gasteiger partial charge in [0, 0.05) is 6.54 Å². The highest BCUT2D eigenvalue weighted by Crippen LogP contribution is 2.31. The standard InChI is InChI=1S/C13H16N2O3/c16-9-7-10(14-8-9)13(17)15-5-6-18-12-4-2-1-3-11(12)15/h1-4,9-10,14,16H,5-8H2. The quantitative estimate of drug-likeness (QED) is 0.742. The zero-order valence-electron chi connectivity index (χ0n) is 10.0. The molecule has 1 fully saturated rings. The summed E-state index contributed by atoms with van der Waals surface area (Å²) in [7, 11) is 0. The number of aliphatic hydroxyl groups excluding tert-OH is 1. The second kappa shape index (κ2) is 4.59. The second-order valence-corrected chi connectivity index (χ2v) is 4.66. The average Bonchev–Trinajstić information content (AvgIpc) is 2.84. The molecule has 5 nitrogen and oxygen atoms in total. The third-order valence-corrected chi connectivity index (χ3v) is 3.40. The Labute approximate surface area is 105 Å². The molecule has 2 aliphatic heterocycles. The molecule has 1 saturated heterocycles. The van der Waals surface area contributed by atoms with Gasteiger partial charge in [0.1, 0.15) is 12.4 Å². The van der Waals surface area contributed by atoms with E-state index in [0.29, 0.717) is 26.1 Å². The Morgan fingerprint density at radius 3 is 3.06 bits per heavy atom. The van der Waals surface area contributed by atoms with Gasteiger partial charge in [-0.1, -0.05) is 12.1 Å². The number of hydrogen-bond acceptors (Lipinski definition) is 4. The van der Waals surface area contributed by atoms with Crippen LogP contribution >= 0.6 is 0 Å². The van der Waals surface area contributed by atoms with E-state index in [2.05, 4.69) is 5.32 Å². The molecular formula is C13H16N2O3. The van der Waals surface area contributed by atoms with Crippen LogP contribution in [0.5, 0.6) is 5.75 Å². The van der Waals surface area contributed by atoms with Crippen LogP contribution in [0.2, 0.25) is 0 Å². The Hall–Kier alpha value is -1.59. The number of hydrogen-bond donors (Lipinski definition) is 2. The fourth-order valence-corrected chi connectivity index (χ4v) is 2.49. The molecular weight excluding hydrogens is 232 g/mol. The molecule has 2 atom stereocenters. The summed E-state index contributed by atoms with van der Waals surface area (Å²) >= 11 is 0. The first-order valence-corrected chi connectivity index (χ1v) is 6.20. The maximum Gasteiger partial charge on any atom is 0.244 e. The first-order valence-electron chi connectivity index (χ1n) is 6.20. The van der Waals surface area contributed by atoms with Crippen molar-refractivity contribution in [2.24, 2.45) is 0 Å². The number of fused-ring (bicyclic) bond motifs is 1. The molecule has 3 rings (SSSR count). The van der Waals surface area contributed by atoms with Crippen molar-refractivity contribution in [1.82, 2.24) is 5.32 Å². The van der Waals surface area contributed by atoms with E-state index < -0.39 is 6.10 Å². The number of nitrogens with one attached hydrogen (secondary N) is 1. The minimum Gasteiger partial charge on any atom is -0.490 e. The molecule has 0 radical (unpaired) electrons. The van der Waals surface area contributed by atoms with Gasteiger partial charge < -0.3 is 20.1 Å². The van der Waals surface area contributed by atoms with Gasteiger partial charge >= 0.3 is 0 Å². The minimum atomic E-state index is -0.421. The van der Waals surface area contributed by atoms with Crippen LogP contribution in [0.3, 0.4) is 0 Å². The molecule has 0 aromatic heterocycles. The number of anilines is 1. The van der Waals surface area contributed by atoms with E-state index in [1.165, 1.54) is 0 Å². The summed E-state index contributed by atoms with van der Waals surface area (Å²) in [6.45, 7) is 1.56. The highest BCUT2D eigenvalue weighted by molar-refractivity contribution is 5.99. The maximum atomic E-state index is 12.4. The number of ether oxygens (including phenoxy) is 1. The minimum absolute atomic E-state index is 0.0160. The van der Waals surface area contributed by atoms with Crippen LogP contribution < -0.4 is 15.0 Å². The van der Waals surface area contributed by atoms with Gasteiger partial charge in [0.05, 0.1) is 24.4 Å². The lowest BCUT2D eigenvalue weighted by molar-refractivity contribution is -0.120. The Balaban J connectivity index is 1.83. The van der Waals surface area contributed by atoms with Gasteiger partial charge in [-0.05, 0) is 18.6 Å². The summed E-state index contributed by atoms with van der Waals surface area (Å²) in [5.74, 6) is 0.762. The van der Waals surface area contributed by atoms with Crippen molar-refractivity contribution in [2.75, 3.05) is 24.6 Å². The molecule has 2 aliphatic rings. The van der Waals surface area contributed by atoms with Gasteiger partial charge in [-0.2, -0.15) is 0 Å². The Kier molecular flexibility index (Phi) is 2.93. The second-order valence-electron chi connectivity index (χ2n) is 4.66. The highest BCUT2D eigenvalue weighted by atomic mass is 16.5. The summed E-state index contributed by atoms with van der Waals surface area (Å²) in [6.07, 6.45) is 0.0634. The molecule has 2 unspecified atom stereocenters. The van der Waals surface area contributed by atoms with Crippen molar-refractivity contribution in [3.8, 4) is 5.75 Å². The number of nitrogens with zero attached hydrogens (tertiary/aromatic N) is 1. The molecule has 1 aromatic carbocycles. The summed E-state index contributed by atoms with van der Waals surface area (Å²) in [5, 5.41) is 12.5. The van der Waals surface area contributed by atoms with Crippen molar-refractivity contribution in [1.29, 1.82) is 0 Å². The summed E-state index contributed by atoms with van der Waals surface area (Å²) < 4.78 is 5.52. The summed E-state index contributed by atoms with van der Waals surface area (Å²) in [4.78, 5) is 14.2. The van der Waals surface area contributed by atoms with Crippen LogP contribution in [0.1, 0.15) is 6.42 Å². The van der Waals surface area contributed by atoms with Crippen LogP contribution in [-0.4, -0.2) is 42.9 Å². The smallest absolute Gasteiger partial charge is 0.244 e. The van der Waals surface area contributed by atoms with Gasteiger partial charge in [0.15, 0.2) is 0 Å². The molecule has 2 heterocycles. The van der Waals surface area contributed by atoms with Gasteiger partial charge in [0.2, 0.25) is 5.91 Å². The summed E-state index contributed by atoms with van der Waals surface area (Å²) in [6, 6.07) is 7.25. The van der Waals surface area contributed by atoms with Crippen molar-refractivity contribution in [3.63, 3.8) is 0 Å². The molecule has 0 aliphatic carbocycles. The monoisotopic (exact) mass is 248 g/mol. The molecule has 1 aromatic rings. The first-order chi connectivity index (χ1) is 8.75. The third kappa shape index (κ3) is 1.95. The normalized spacial score (nSPS) is 26.6. The summed E-state index contributed by atoms with van der Waals surface area (Å²) in [5.41, 5.74) is 0.817. The van der Waals surface area contributed by atoms with Crippen LogP contribution in [0.25, 0.3) is 0 Å². The van der Waals surface area contributed by atoms with Crippen molar-refractivity contribution >= 4 is 11.6 Å². The lowest BCUT2D eigenvalue weighted by atomic mass is 10.1. The van der Waals surface area contributed by atoms with E-state index in [9.17, 15) is 9.90 Å². The van der Waals surface area contributed by atoms with Gasteiger partial charge in [-0.3, -0.25) is 4.79 Å². The number of β-amino-alcohol motifs (C(OH)–C–C–N with tert-alkyl or cyclic N) is 1. The Bertz CT molecular complexity index is 463. The molecule has 2 N–H and O–H groups in total. The van der Waals surface area contributed by atoms with Gasteiger partial charge in [-0.25, -0.2) is 0 Å². The third-order valence-electron chi connectivity index (χ3n) is 3.40. The van der Waals surface area contributed by atoms with Gasteiger partial charge in [-0.15, -0.1) is 0 Å². The van der Waals surface area contributed by atoms with E-state index in [-0.39, 0.29) is 11.9 Å². The van der Waals surface area contributed by atoms with Crippen molar-refractivity contribution < 1.29 is 14.6 Å². The van der Waals surface area contributed by atoms with Crippen LogP contribution in [0, 0.1) is 0 Å². The predicted molar refractivity (Wildman–Crippen MR) is 66.7 cm³/mol. The molecule has 96 valence electrons. The zero-order valence-corrected chi connectivity index (χ0v) is 10.0. The number of aliphatic hydroxyl groups is 1. The average molecular weight is 248 g/mol. The Morgan fingerprint density at radius 1 is 1.44 bits per heavy atom. The molecule has 0 saturated carbocycles. The lowest BCUT2D eigenvalue weighted by Gasteiger charge is -2.31. The number of para-hydroxylation sites is 2. The lowest BCUT2D eigenvalue weighted by Crippen LogP contribution is -2.47. The van der Waals surface area contributed by atoms with Crippen LogP contribution in [-0.2, 0) is 4.79 Å². The molecule has 5 heteroatoms. The van der Waals surface area contributed by atoms with E-state index in [1.807, 2.05) is 24.3 Å². The maximum absolute atomic E-state index is 12.4. The first kappa shape index (κ1) is 11.5. The number of carbonyl (C=O) groups excluding carboxylic acids is 1. The van der Waals surface area contributed by atoms with E-state index in [4.69, 9.17) is 4.74 Å². The van der Waals surface area contributed by atoms with Crippen molar-refractivity contribution in [2.45, 2.75) is 18.6 Å². The molecule has 0 spiro atoms. The SMILES string of the molecule is O=C(C1CC(O)CN1)N1CCOc2ccccc21. The number of rotatable bonds is 1. The molecule has 1 amide bonds. The molecule has 0 bridgehead atoms. The fourth-order valence-electron chi connectivity index (χ4n) is 2.49. The Morgan fingerprint density at radius 2 is 2.28 bits per heavy atom.